The summed E-state index contributed by atoms with van der Waals surface area (Å²) in [5, 5.41) is -0.0400. The summed E-state index contributed by atoms with van der Waals surface area (Å²) in [7, 11) is 0. The number of nitrogens with zero attached hydrogens (tertiary/aromatic N) is 1. The summed E-state index contributed by atoms with van der Waals surface area (Å²) in [4.78, 5) is 26.9. The molecule has 2 aromatic rings. The molecule has 0 amide bonds. The maximum absolute atomic E-state index is 13.0. The van der Waals surface area contributed by atoms with E-state index in [-0.39, 0.29) is 22.7 Å². The van der Waals surface area contributed by atoms with E-state index in [4.69, 9.17) is 11.6 Å². The first-order valence-corrected chi connectivity index (χ1v) is 6.85. The smallest absolute Gasteiger partial charge is 0.297 e. The van der Waals surface area contributed by atoms with Crippen LogP contribution in [0.15, 0.2) is 33.9 Å². The molecule has 21 heavy (non-hydrogen) atoms. The lowest BCUT2D eigenvalue weighted by Crippen LogP contribution is -2.39. The van der Waals surface area contributed by atoms with Crippen molar-refractivity contribution in [3.05, 3.63) is 56.1 Å². The van der Waals surface area contributed by atoms with E-state index in [2.05, 4.69) is 4.98 Å². The molecule has 1 N–H and O–H groups in total. The molecular formula is C15H16ClFN2O2. The van der Waals surface area contributed by atoms with Crippen molar-refractivity contribution in [2.75, 3.05) is 0 Å². The Morgan fingerprint density at radius 3 is 2.29 bits per heavy atom. The highest BCUT2D eigenvalue weighted by Crippen LogP contribution is 2.22. The predicted octanol–water partition coefficient (Wildman–Crippen LogP) is 3.04. The lowest BCUT2D eigenvalue weighted by atomic mass is 9.97. The van der Waals surface area contributed by atoms with Crippen molar-refractivity contribution in [1.82, 2.24) is 9.55 Å². The molecule has 2 rings (SSSR count). The number of halogens is 2. The Labute approximate surface area is 126 Å². The topological polar surface area (TPSA) is 54.9 Å². The van der Waals surface area contributed by atoms with Crippen LogP contribution in [-0.4, -0.2) is 9.55 Å². The molecule has 0 aliphatic carbocycles. The summed E-state index contributed by atoms with van der Waals surface area (Å²) in [6, 6.07) is 5.39. The van der Waals surface area contributed by atoms with Gasteiger partial charge in [0.05, 0.1) is 5.56 Å². The minimum atomic E-state index is -0.550. The van der Waals surface area contributed by atoms with Crippen molar-refractivity contribution in [2.45, 2.75) is 27.3 Å². The van der Waals surface area contributed by atoms with E-state index in [0.717, 1.165) is 4.57 Å². The largest absolute Gasteiger partial charge is 0.329 e. The van der Waals surface area contributed by atoms with E-state index in [9.17, 15) is 14.0 Å². The van der Waals surface area contributed by atoms with Gasteiger partial charge in [-0.15, -0.1) is 0 Å². The Morgan fingerprint density at radius 1 is 1.19 bits per heavy atom. The normalized spacial score (nSPS) is 11.7. The minimum Gasteiger partial charge on any atom is -0.297 e. The number of aromatic nitrogens is 2. The summed E-state index contributed by atoms with van der Waals surface area (Å²) < 4.78 is 14.1. The van der Waals surface area contributed by atoms with Gasteiger partial charge in [-0.3, -0.25) is 14.3 Å². The number of benzene rings is 1. The second kappa shape index (κ2) is 5.48. The molecule has 0 aliphatic heterocycles. The van der Waals surface area contributed by atoms with Crippen molar-refractivity contribution in [3.8, 4) is 11.1 Å². The highest BCUT2D eigenvalue weighted by atomic mass is 35.5. The molecule has 0 unspecified atom stereocenters. The molecule has 0 aliphatic rings. The van der Waals surface area contributed by atoms with E-state index in [0.29, 0.717) is 5.56 Å². The monoisotopic (exact) mass is 310 g/mol. The third-order valence-corrected chi connectivity index (χ3v) is 3.19. The van der Waals surface area contributed by atoms with E-state index in [1.807, 2.05) is 20.8 Å². The molecule has 0 atom stereocenters. The molecule has 1 aromatic carbocycles. The molecule has 0 fully saturated rings. The van der Waals surface area contributed by atoms with Gasteiger partial charge in [0.1, 0.15) is 11.0 Å². The Balaban J connectivity index is 2.67. The van der Waals surface area contributed by atoms with Crippen molar-refractivity contribution in [3.63, 3.8) is 0 Å². The molecular weight excluding hydrogens is 295 g/mol. The van der Waals surface area contributed by atoms with E-state index >= 15 is 0 Å². The lowest BCUT2D eigenvalue weighted by molar-refractivity contribution is 0.331. The number of nitrogens with one attached hydrogen (secondary N) is 1. The van der Waals surface area contributed by atoms with Crippen molar-refractivity contribution >= 4 is 11.6 Å². The first-order valence-electron chi connectivity index (χ1n) is 6.47. The van der Waals surface area contributed by atoms with Gasteiger partial charge >= 0.3 is 5.69 Å². The van der Waals surface area contributed by atoms with Crippen LogP contribution in [0.2, 0.25) is 5.15 Å². The Kier molecular flexibility index (Phi) is 4.05. The zero-order valence-corrected chi connectivity index (χ0v) is 12.8. The van der Waals surface area contributed by atoms with E-state index in [1.54, 1.807) is 0 Å². The van der Waals surface area contributed by atoms with E-state index in [1.165, 1.54) is 24.3 Å². The standard InChI is InChI=1S/C15H16ClFN2O2/c1-15(2,3)8-19-13(20)11(12(16)18-14(19)21)9-4-6-10(17)7-5-9/h4-7H,8H2,1-3H3,(H,18,21). The molecule has 6 heteroatoms. The van der Waals surface area contributed by atoms with Gasteiger partial charge in [-0.1, -0.05) is 44.5 Å². The van der Waals surface area contributed by atoms with Gasteiger partial charge in [-0.2, -0.15) is 0 Å². The van der Waals surface area contributed by atoms with Gasteiger partial charge in [0, 0.05) is 6.54 Å². The van der Waals surface area contributed by atoms with Gasteiger partial charge < -0.3 is 0 Å². The Hall–Kier alpha value is -1.88. The fourth-order valence-electron chi connectivity index (χ4n) is 2.03. The maximum atomic E-state index is 13.0. The second-order valence-corrected chi connectivity index (χ2v) is 6.46. The Morgan fingerprint density at radius 2 is 1.76 bits per heavy atom. The number of H-pyrrole nitrogens is 1. The zero-order valence-electron chi connectivity index (χ0n) is 12.0. The predicted molar refractivity (Wildman–Crippen MR) is 81.2 cm³/mol. The van der Waals surface area contributed by atoms with Gasteiger partial charge in [-0.25, -0.2) is 9.18 Å². The maximum Gasteiger partial charge on any atom is 0.329 e. The van der Waals surface area contributed by atoms with Crippen LogP contribution in [0.3, 0.4) is 0 Å². The third-order valence-electron chi connectivity index (χ3n) is 2.91. The molecule has 4 nitrogen and oxygen atoms in total. The molecule has 0 radical (unpaired) electrons. The molecule has 1 heterocycles. The van der Waals surface area contributed by atoms with Crippen LogP contribution in [0.5, 0.6) is 0 Å². The number of aromatic amines is 1. The third kappa shape index (κ3) is 3.42. The van der Waals surface area contributed by atoms with Crippen LogP contribution in [-0.2, 0) is 6.54 Å². The average molecular weight is 311 g/mol. The quantitative estimate of drug-likeness (QED) is 0.867. The summed E-state index contributed by atoms with van der Waals surface area (Å²) >= 11 is 5.99. The lowest BCUT2D eigenvalue weighted by Gasteiger charge is -2.19. The van der Waals surface area contributed by atoms with Gasteiger partial charge in [-0.05, 0) is 23.1 Å². The molecule has 1 aromatic heterocycles. The summed E-state index contributed by atoms with van der Waals surface area (Å²) in [5.74, 6) is -0.408. The molecule has 0 spiro atoms. The zero-order chi connectivity index (χ0) is 15.8. The first kappa shape index (κ1) is 15.5. The van der Waals surface area contributed by atoms with Gasteiger partial charge in [0.2, 0.25) is 0 Å². The van der Waals surface area contributed by atoms with Crippen LogP contribution in [0.1, 0.15) is 20.8 Å². The Bertz CT molecular complexity index is 770. The van der Waals surface area contributed by atoms with Crippen molar-refractivity contribution in [1.29, 1.82) is 0 Å². The van der Waals surface area contributed by atoms with E-state index < -0.39 is 17.1 Å². The van der Waals surface area contributed by atoms with Crippen molar-refractivity contribution in [2.24, 2.45) is 5.41 Å². The summed E-state index contributed by atoms with van der Waals surface area (Å²) in [6.07, 6.45) is 0. The SMILES string of the molecule is CC(C)(C)Cn1c(=O)[nH]c(Cl)c(-c2ccc(F)cc2)c1=O. The summed E-state index contributed by atoms with van der Waals surface area (Å²) in [6.45, 7) is 6.02. The summed E-state index contributed by atoms with van der Waals surface area (Å²) in [5.41, 5.74) is -0.646. The molecule has 0 bridgehead atoms. The molecule has 112 valence electrons. The highest BCUT2D eigenvalue weighted by Gasteiger charge is 2.19. The second-order valence-electron chi connectivity index (χ2n) is 6.08. The highest BCUT2D eigenvalue weighted by molar-refractivity contribution is 6.32. The average Bonchev–Trinajstić information content (AvgIpc) is 2.35. The van der Waals surface area contributed by atoms with Crippen LogP contribution in [0.25, 0.3) is 11.1 Å². The minimum absolute atomic E-state index is 0.0400. The van der Waals surface area contributed by atoms with Crippen LogP contribution in [0, 0.1) is 11.2 Å². The first-order chi connectivity index (χ1) is 9.69. The molecule has 0 saturated heterocycles. The number of rotatable bonds is 2. The van der Waals surface area contributed by atoms with Crippen LogP contribution >= 0.6 is 11.6 Å². The van der Waals surface area contributed by atoms with Gasteiger partial charge in [0.25, 0.3) is 5.56 Å². The van der Waals surface area contributed by atoms with Crippen molar-refractivity contribution < 1.29 is 4.39 Å². The van der Waals surface area contributed by atoms with Gasteiger partial charge in [0.15, 0.2) is 0 Å². The van der Waals surface area contributed by atoms with Crippen LogP contribution in [0.4, 0.5) is 4.39 Å². The molecule has 0 saturated carbocycles. The number of hydrogen-bond donors (Lipinski definition) is 1. The fraction of sp³-hybridized carbons (Fsp3) is 0.333. The van der Waals surface area contributed by atoms with Crippen LogP contribution < -0.4 is 11.2 Å². The fourth-order valence-corrected chi connectivity index (χ4v) is 2.30. The number of hydrogen-bond acceptors (Lipinski definition) is 2.